The van der Waals surface area contributed by atoms with Crippen LogP contribution in [-0.2, 0) is 14.8 Å². The molecule has 0 bridgehead atoms. The molecule has 1 N–H and O–H groups in total. The van der Waals surface area contributed by atoms with Crippen molar-refractivity contribution in [2.24, 2.45) is 0 Å². The summed E-state index contributed by atoms with van der Waals surface area (Å²) in [6.07, 6.45) is 0. The number of methoxy groups -OCH3 is 2. The van der Waals surface area contributed by atoms with Gasteiger partial charge in [-0.15, -0.1) is 0 Å². The molecule has 0 aromatic heterocycles. The topological polar surface area (TPSA) is 84.9 Å². The molecule has 0 aliphatic rings. The number of nitrogens with one attached hydrogen (secondary N) is 1. The molecule has 9 heteroatoms. The van der Waals surface area contributed by atoms with Crippen molar-refractivity contribution in [3.63, 3.8) is 0 Å². The molecule has 0 aliphatic carbocycles. The van der Waals surface area contributed by atoms with Gasteiger partial charge in [-0.25, -0.2) is 8.42 Å². The number of aryl methyl sites for hydroxylation is 2. The summed E-state index contributed by atoms with van der Waals surface area (Å²) in [6, 6.07) is 16.2. The lowest BCUT2D eigenvalue weighted by Crippen LogP contribution is -2.42. The summed E-state index contributed by atoms with van der Waals surface area (Å²) in [7, 11) is -0.947. The number of nitrogens with zero attached hydrogens (tertiary/aromatic N) is 1. The second kappa shape index (κ2) is 11.0. The first-order chi connectivity index (χ1) is 16.6. The van der Waals surface area contributed by atoms with E-state index in [1.165, 1.54) is 12.1 Å². The number of carbonyl (C=O) groups excluding carboxylic acids is 1. The van der Waals surface area contributed by atoms with E-state index < -0.39 is 28.5 Å². The molecule has 3 aromatic carbocycles. The maximum atomic E-state index is 13.6. The largest absolute Gasteiger partial charge is 0.497 e. The number of hydrogen-bond donors (Lipinski definition) is 1. The zero-order valence-corrected chi connectivity index (χ0v) is 21.9. The van der Waals surface area contributed by atoms with Crippen molar-refractivity contribution in [1.82, 2.24) is 5.32 Å². The van der Waals surface area contributed by atoms with Crippen molar-refractivity contribution >= 4 is 33.2 Å². The minimum absolute atomic E-state index is 0.0905. The number of anilines is 1. The Morgan fingerprint density at radius 3 is 2.29 bits per heavy atom. The second-order valence-electron chi connectivity index (χ2n) is 8.15. The number of sulfonamides is 1. The van der Waals surface area contributed by atoms with Crippen LogP contribution in [0.4, 0.5) is 5.69 Å². The lowest BCUT2D eigenvalue weighted by Gasteiger charge is -2.27. The molecule has 3 rings (SSSR count). The lowest BCUT2D eigenvalue weighted by molar-refractivity contribution is -0.120. The van der Waals surface area contributed by atoms with E-state index in [1.54, 1.807) is 76.6 Å². The van der Waals surface area contributed by atoms with Crippen LogP contribution in [0.25, 0.3) is 0 Å². The van der Waals surface area contributed by atoms with Crippen LogP contribution >= 0.6 is 11.6 Å². The standard InChI is InChI=1S/C26H29ClN2O5S/c1-17-6-10-22(11-7-17)35(31,32)29(24-12-8-20(27)14-18(24)2)16-26(30)28-19(3)23-15-21(33-4)9-13-25(23)34-5/h6-15,19H,16H2,1-5H3,(H,28,30). The molecule has 0 heterocycles. The lowest BCUT2D eigenvalue weighted by atomic mass is 10.1. The Hall–Kier alpha value is -3.23. The Balaban J connectivity index is 1.95. The highest BCUT2D eigenvalue weighted by Crippen LogP contribution is 2.31. The molecule has 1 unspecified atom stereocenters. The van der Waals surface area contributed by atoms with E-state index in [0.717, 1.165) is 9.87 Å². The molecule has 0 saturated heterocycles. The number of hydrogen-bond acceptors (Lipinski definition) is 5. The van der Waals surface area contributed by atoms with Crippen LogP contribution < -0.4 is 19.1 Å². The van der Waals surface area contributed by atoms with Gasteiger partial charge >= 0.3 is 0 Å². The predicted octanol–water partition coefficient (Wildman–Crippen LogP) is 5.05. The Labute approximate surface area is 211 Å². The highest BCUT2D eigenvalue weighted by atomic mass is 35.5. The van der Waals surface area contributed by atoms with Crippen molar-refractivity contribution in [3.8, 4) is 11.5 Å². The van der Waals surface area contributed by atoms with E-state index in [-0.39, 0.29) is 4.90 Å². The Morgan fingerprint density at radius 2 is 1.69 bits per heavy atom. The quantitative estimate of drug-likeness (QED) is 0.430. The molecule has 7 nitrogen and oxygen atoms in total. The van der Waals surface area contributed by atoms with Gasteiger partial charge in [0.15, 0.2) is 0 Å². The van der Waals surface area contributed by atoms with Crippen LogP contribution in [0.3, 0.4) is 0 Å². The minimum atomic E-state index is -4.04. The Morgan fingerprint density at radius 1 is 1.00 bits per heavy atom. The van der Waals surface area contributed by atoms with Gasteiger partial charge in [0.2, 0.25) is 5.91 Å². The van der Waals surface area contributed by atoms with Crippen molar-refractivity contribution in [2.75, 3.05) is 25.1 Å². The molecular formula is C26H29ClN2O5S. The van der Waals surface area contributed by atoms with Gasteiger partial charge < -0.3 is 14.8 Å². The summed E-state index contributed by atoms with van der Waals surface area (Å²) in [5, 5.41) is 3.35. The van der Waals surface area contributed by atoms with Gasteiger partial charge in [0.05, 0.1) is 30.8 Å². The molecule has 0 aliphatic heterocycles. The van der Waals surface area contributed by atoms with Gasteiger partial charge in [-0.3, -0.25) is 9.10 Å². The molecule has 0 radical (unpaired) electrons. The summed E-state index contributed by atoms with van der Waals surface area (Å²) in [5.41, 5.74) is 2.63. The van der Waals surface area contributed by atoms with Crippen LogP contribution in [0.5, 0.6) is 11.5 Å². The molecule has 186 valence electrons. The SMILES string of the molecule is COc1ccc(OC)c(C(C)NC(=O)CN(c2ccc(Cl)cc2C)S(=O)(=O)c2ccc(C)cc2)c1. The maximum absolute atomic E-state index is 13.6. The van der Waals surface area contributed by atoms with E-state index in [4.69, 9.17) is 21.1 Å². The Kier molecular flexibility index (Phi) is 8.30. The van der Waals surface area contributed by atoms with E-state index >= 15 is 0 Å². The zero-order chi connectivity index (χ0) is 25.8. The summed E-state index contributed by atoms with van der Waals surface area (Å²) < 4.78 is 39.1. The molecular weight excluding hydrogens is 488 g/mol. The first-order valence-electron chi connectivity index (χ1n) is 10.9. The highest BCUT2D eigenvalue weighted by molar-refractivity contribution is 7.92. The number of carbonyl (C=O) groups is 1. The fourth-order valence-corrected chi connectivity index (χ4v) is 5.42. The molecule has 0 saturated carbocycles. The monoisotopic (exact) mass is 516 g/mol. The third-order valence-corrected chi connectivity index (χ3v) is 7.61. The molecule has 0 fully saturated rings. The number of ether oxygens (including phenoxy) is 2. The number of rotatable bonds is 9. The van der Waals surface area contributed by atoms with E-state index in [9.17, 15) is 13.2 Å². The summed E-state index contributed by atoms with van der Waals surface area (Å²) in [4.78, 5) is 13.3. The summed E-state index contributed by atoms with van der Waals surface area (Å²) in [6.45, 7) is 5.00. The number of halogens is 1. The molecule has 35 heavy (non-hydrogen) atoms. The molecule has 1 atom stereocenters. The molecule has 0 spiro atoms. The molecule has 1 amide bonds. The maximum Gasteiger partial charge on any atom is 0.264 e. The fourth-order valence-electron chi connectivity index (χ4n) is 3.71. The summed E-state index contributed by atoms with van der Waals surface area (Å²) in [5.74, 6) is 0.714. The van der Waals surface area contributed by atoms with Gasteiger partial charge in [-0.05, 0) is 74.9 Å². The van der Waals surface area contributed by atoms with Crippen LogP contribution in [0.15, 0.2) is 65.6 Å². The Bertz CT molecular complexity index is 1310. The van der Waals surface area contributed by atoms with E-state index in [1.807, 2.05) is 6.92 Å². The van der Waals surface area contributed by atoms with Crippen LogP contribution in [-0.4, -0.2) is 35.1 Å². The van der Waals surface area contributed by atoms with Crippen LogP contribution in [0.1, 0.15) is 29.7 Å². The van der Waals surface area contributed by atoms with Crippen molar-refractivity contribution in [2.45, 2.75) is 31.7 Å². The van der Waals surface area contributed by atoms with Gasteiger partial charge in [0.25, 0.3) is 10.0 Å². The predicted molar refractivity (Wildman–Crippen MR) is 138 cm³/mol. The highest BCUT2D eigenvalue weighted by Gasteiger charge is 2.29. The minimum Gasteiger partial charge on any atom is -0.497 e. The first-order valence-corrected chi connectivity index (χ1v) is 12.8. The average Bonchev–Trinajstić information content (AvgIpc) is 2.82. The average molecular weight is 517 g/mol. The summed E-state index contributed by atoms with van der Waals surface area (Å²) >= 11 is 6.10. The first kappa shape index (κ1) is 26.4. The van der Waals surface area contributed by atoms with Gasteiger partial charge in [-0.2, -0.15) is 0 Å². The van der Waals surface area contributed by atoms with E-state index in [0.29, 0.717) is 33.3 Å². The third-order valence-electron chi connectivity index (χ3n) is 5.60. The van der Waals surface area contributed by atoms with Gasteiger partial charge in [0, 0.05) is 10.6 Å². The van der Waals surface area contributed by atoms with Gasteiger partial charge in [-0.1, -0.05) is 29.3 Å². The smallest absolute Gasteiger partial charge is 0.264 e. The van der Waals surface area contributed by atoms with Gasteiger partial charge in [0.1, 0.15) is 18.0 Å². The van der Waals surface area contributed by atoms with Crippen molar-refractivity contribution in [1.29, 1.82) is 0 Å². The van der Waals surface area contributed by atoms with Crippen LogP contribution in [0.2, 0.25) is 5.02 Å². The number of benzene rings is 3. The molecule has 3 aromatic rings. The number of amides is 1. The second-order valence-corrected chi connectivity index (χ2v) is 10.5. The normalized spacial score (nSPS) is 12.1. The third kappa shape index (κ3) is 6.07. The zero-order valence-electron chi connectivity index (χ0n) is 20.3. The fraction of sp³-hybridized carbons (Fsp3) is 0.269. The van der Waals surface area contributed by atoms with Crippen LogP contribution in [0, 0.1) is 13.8 Å². The van der Waals surface area contributed by atoms with Crippen molar-refractivity contribution < 1.29 is 22.7 Å². The van der Waals surface area contributed by atoms with Crippen molar-refractivity contribution in [3.05, 3.63) is 82.4 Å². The van der Waals surface area contributed by atoms with E-state index in [2.05, 4.69) is 5.32 Å².